The number of hydrogen-bond acceptors (Lipinski definition) is 3. The Balaban J connectivity index is 2.40. The number of aromatic nitrogens is 2. The Hall–Kier alpha value is -1.85. The first-order valence-corrected chi connectivity index (χ1v) is 5.95. The van der Waals surface area contributed by atoms with E-state index in [4.69, 9.17) is 0 Å². The van der Waals surface area contributed by atoms with Crippen molar-refractivity contribution < 1.29 is 9.59 Å². The summed E-state index contributed by atoms with van der Waals surface area (Å²) in [5.41, 5.74) is 0.450. The van der Waals surface area contributed by atoms with E-state index in [-0.39, 0.29) is 18.4 Å². The first kappa shape index (κ1) is 14.2. The fraction of sp³-hybridized carbons (Fsp3) is 0.583. The molecule has 6 nitrogen and oxygen atoms in total. The van der Waals surface area contributed by atoms with Crippen LogP contribution in [0.15, 0.2) is 6.07 Å². The van der Waals surface area contributed by atoms with E-state index in [9.17, 15) is 9.59 Å². The number of nitrogens with zero attached hydrogens (tertiary/aromatic N) is 1. The zero-order chi connectivity index (χ0) is 13.8. The number of carbonyl (C=O) groups is 2. The molecule has 0 aliphatic carbocycles. The third kappa shape index (κ3) is 4.20. The number of aryl methyl sites for hydroxylation is 1. The fourth-order valence-corrected chi connectivity index (χ4v) is 1.22. The van der Waals surface area contributed by atoms with E-state index >= 15 is 0 Å². The molecule has 1 rings (SSSR count). The molecule has 1 aromatic rings. The van der Waals surface area contributed by atoms with Crippen LogP contribution in [-0.2, 0) is 16.0 Å². The summed E-state index contributed by atoms with van der Waals surface area (Å²) in [7, 11) is 0. The van der Waals surface area contributed by atoms with Gasteiger partial charge in [-0.1, -0.05) is 27.7 Å². The second-order valence-electron chi connectivity index (χ2n) is 5.11. The Morgan fingerprint density at radius 3 is 2.56 bits per heavy atom. The summed E-state index contributed by atoms with van der Waals surface area (Å²) < 4.78 is 0. The minimum Gasteiger partial charge on any atom is -0.347 e. The second-order valence-corrected chi connectivity index (χ2v) is 5.11. The summed E-state index contributed by atoms with van der Waals surface area (Å²) in [6.45, 7) is 7.32. The number of aromatic amines is 1. The molecule has 1 heterocycles. The molecule has 6 heteroatoms. The van der Waals surface area contributed by atoms with Crippen molar-refractivity contribution in [2.45, 2.75) is 34.1 Å². The van der Waals surface area contributed by atoms with E-state index in [0.29, 0.717) is 5.82 Å². The van der Waals surface area contributed by atoms with Gasteiger partial charge in [0, 0.05) is 17.2 Å². The number of rotatable bonds is 4. The minimum absolute atomic E-state index is 0.0512. The van der Waals surface area contributed by atoms with E-state index in [0.717, 1.165) is 12.1 Å². The van der Waals surface area contributed by atoms with E-state index in [1.807, 2.05) is 6.92 Å². The predicted octanol–water partition coefficient (Wildman–Crippen LogP) is 1.07. The SMILES string of the molecule is CCc1cc(NC(=O)CNC(=O)C(C)(C)C)n[nH]1. The standard InChI is InChI=1S/C12H20N4O2/c1-5-8-6-9(16-15-8)14-10(17)7-13-11(18)12(2,3)4/h6H,5,7H2,1-4H3,(H,13,18)(H2,14,15,16,17). The van der Waals surface area contributed by atoms with Gasteiger partial charge in [-0.2, -0.15) is 5.10 Å². The minimum atomic E-state index is -0.498. The summed E-state index contributed by atoms with van der Waals surface area (Å²) >= 11 is 0. The predicted molar refractivity (Wildman–Crippen MR) is 69.1 cm³/mol. The topological polar surface area (TPSA) is 86.9 Å². The van der Waals surface area contributed by atoms with Crippen LogP contribution in [0.1, 0.15) is 33.4 Å². The molecule has 0 atom stereocenters. The van der Waals surface area contributed by atoms with Crippen molar-refractivity contribution >= 4 is 17.6 Å². The van der Waals surface area contributed by atoms with Crippen LogP contribution in [-0.4, -0.2) is 28.6 Å². The first-order chi connectivity index (χ1) is 8.32. The number of H-pyrrole nitrogens is 1. The van der Waals surface area contributed by atoms with Gasteiger partial charge in [0.05, 0.1) is 6.54 Å². The molecular formula is C12H20N4O2. The number of hydrogen-bond donors (Lipinski definition) is 3. The molecule has 0 bridgehead atoms. The Kier molecular flexibility index (Phi) is 4.47. The van der Waals surface area contributed by atoms with Crippen LogP contribution in [0.4, 0.5) is 5.82 Å². The molecule has 0 aliphatic heterocycles. The van der Waals surface area contributed by atoms with Crippen molar-refractivity contribution in [2.75, 3.05) is 11.9 Å². The molecule has 100 valence electrons. The quantitative estimate of drug-likeness (QED) is 0.749. The summed E-state index contributed by atoms with van der Waals surface area (Å²) in [4.78, 5) is 23.1. The molecule has 0 saturated carbocycles. The van der Waals surface area contributed by atoms with Gasteiger partial charge >= 0.3 is 0 Å². The Morgan fingerprint density at radius 1 is 1.39 bits per heavy atom. The molecule has 0 fully saturated rings. The van der Waals surface area contributed by atoms with Crippen molar-refractivity contribution in [3.05, 3.63) is 11.8 Å². The lowest BCUT2D eigenvalue weighted by atomic mass is 9.96. The summed E-state index contributed by atoms with van der Waals surface area (Å²) in [5.74, 6) is 0.0255. The van der Waals surface area contributed by atoms with Crippen molar-refractivity contribution in [1.82, 2.24) is 15.5 Å². The fourth-order valence-electron chi connectivity index (χ4n) is 1.22. The highest BCUT2D eigenvalue weighted by molar-refractivity contribution is 5.94. The van der Waals surface area contributed by atoms with Gasteiger partial charge in [-0.25, -0.2) is 0 Å². The van der Waals surface area contributed by atoms with Gasteiger partial charge in [0.25, 0.3) is 0 Å². The summed E-state index contributed by atoms with van der Waals surface area (Å²) in [5, 5.41) is 11.9. The van der Waals surface area contributed by atoms with Crippen LogP contribution in [0.25, 0.3) is 0 Å². The maximum absolute atomic E-state index is 11.6. The number of amides is 2. The Morgan fingerprint density at radius 2 is 2.06 bits per heavy atom. The van der Waals surface area contributed by atoms with Crippen molar-refractivity contribution in [2.24, 2.45) is 5.41 Å². The number of nitrogens with one attached hydrogen (secondary N) is 3. The molecular weight excluding hydrogens is 232 g/mol. The van der Waals surface area contributed by atoms with E-state index in [1.54, 1.807) is 26.8 Å². The maximum Gasteiger partial charge on any atom is 0.244 e. The third-order valence-electron chi connectivity index (χ3n) is 2.37. The van der Waals surface area contributed by atoms with Gasteiger partial charge in [-0.3, -0.25) is 14.7 Å². The number of carbonyl (C=O) groups excluding carboxylic acids is 2. The lowest BCUT2D eigenvalue weighted by Crippen LogP contribution is -2.39. The average Bonchev–Trinajstić information content (AvgIpc) is 2.72. The lowest BCUT2D eigenvalue weighted by molar-refractivity contribution is -0.130. The Labute approximate surface area is 107 Å². The third-order valence-corrected chi connectivity index (χ3v) is 2.37. The lowest BCUT2D eigenvalue weighted by Gasteiger charge is -2.17. The van der Waals surface area contributed by atoms with Gasteiger partial charge in [0.15, 0.2) is 5.82 Å². The largest absolute Gasteiger partial charge is 0.347 e. The number of anilines is 1. The van der Waals surface area contributed by atoms with Gasteiger partial charge in [-0.15, -0.1) is 0 Å². The van der Waals surface area contributed by atoms with Crippen molar-refractivity contribution in [3.8, 4) is 0 Å². The average molecular weight is 252 g/mol. The maximum atomic E-state index is 11.6. The normalized spacial score (nSPS) is 11.1. The molecule has 3 N–H and O–H groups in total. The molecule has 2 amide bonds. The summed E-state index contributed by atoms with van der Waals surface area (Å²) in [6, 6.07) is 1.77. The van der Waals surface area contributed by atoms with Gasteiger partial charge in [0.2, 0.25) is 11.8 Å². The highest BCUT2D eigenvalue weighted by Crippen LogP contribution is 2.12. The van der Waals surface area contributed by atoms with Crippen LogP contribution in [0.5, 0.6) is 0 Å². The van der Waals surface area contributed by atoms with E-state index in [1.165, 1.54) is 0 Å². The molecule has 0 saturated heterocycles. The van der Waals surface area contributed by atoms with Gasteiger partial charge in [0.1, 0.15) is 0 Å². The Bertz CT molecular complexity index is 432. The first-order valence-electron chi connectivity index (χ1n) is 5.95. The molecule has 0 radical (unpaired) electrons. The molecule has 0 unspecified atom stereocenters. The smallest absolute Gasteiger partial charge is 0.244 e. The van der Waals surface area contributed by atoms with E-state index in [2.05, 4.69) is 20.8 Å². The molecule has 18 heavy (non-hydrogen) atoms. The molecule has 0 aliphatic rings. The van der Waals surface area contributed by atoms with Crippen LogP contribution in [0, 0.1) is 5.41 Å². The molecule has 1 aromatic heterocycles. The summed E-state index contributed by atoms with van der Waals surface area (Å²) in [6.07, 6.45) is 0.823. The zero-order valence-electron chi connectivity index (χ0n) is 11.3. The zero-order valence-corrected chi connectivity index (χ0v) is 11.3. The second kappa shape index (κ2) is 5.66. The highest BCUT2D eigenvalue weighted by Gasteiger charge is 2.21. The van der Waals surface area contributed by atoms with Crippen LogP contribution >= 0.6 is 0 Å². The van der Waals surface area contributed by atoms with Crippen LogP contribution in [0.3, 0.4) is 0 Å². The van der Waals surface area contributed by atoms with Crippen molar-refractivity contribution in [1.29, 1.82) is 0 Å². The van der Waals surface area contributed by atoms with Crippen LogP contribution < -0.4 is 10.6 Å². The van der Waals surface area contributed by atoms with E-state index < -0.39 is 5.41 Å². The van der Waals surface area contributed by atoms with Gasteiger partial charge in [-0.05, 0) is 6.42 Å². The van der Waals surface area contributed by atoms with Crippen LogP contribution in [0.2, 0.25) is 0 Å². The van der Waals surface area contributed by atoms with Crippen molar-refractivity contribution in [3.63, 3.8) is 0 Å². The molecule has 0 aromatic carbocycles. The molecule has 0 spiro atoms. The highest BCUT2D eigenvalue weighted by atomic mass is 16.2. The monoisotopic (exact) mass is 252 g/mol. The van der Waals surface area contributed by atoms with Gasteiger partial charge < -0.3 is 10.6 Å².